The second-order valence-electron chi connectivity index (χ2n) is 6.43. The highest BCUT2D eigenvalue weighted by Gasteiger charge is 2.33. The van der Waals surface area contributed by atoms with Crippen LogP contribution >= 0.6 is 0 Å². The van der Waals surface area contributed by atoms with E-state index in [2.05, 4.69) is 22.5 Å². The number of anilines is 2. The van der Waals surface area contributed by atoms with Gasteiger partial charge in [-0.15, -0.1) is 0 Å². The summed E-state index contributed by atoms with van der Waals surface area (Å²) in [5.74, 6) is 3.22. The van der Waals surface area contributed by atoms with Crippen LogP contribution in [0.25, 0.3) is 0 Å². The molecule has 0 radical (unpaired) electrons. The maximum atomic E-state index is 9.84. The quantitative estimate of drug-likeness (QED) is 0.751. The van der Waals surface area contributed by atoms with E-state index in [1.54, 1.807) is 0 Å². The molecule has 1 aromatic heterocycles. The second-order valence-corrected chi connectivity index (χ2v) is 6.43. The molecule has 2 fully saturated rings. The summed E-state index contributed by atoms with van der Waals surface area (Å²) in [6, 6.07) is 1.97. The highest BCUT2D eigenvalue weighted by molar-refractivity contribution is 5.49. The van der Waals surface area contributed by atoms with E-state index in [0.717, 1.165) is 36.8 Å². The monoisotopic (exact) mass is 290 g/mol. The highest BCUT2D eigenvalue weighted by Crippen LogP contribution is 2.39. The van der Waals surface area contributed by atoms with Gasteiger partial charge in [0.15, 0.2) is 0 Å². The first-order valence-corrected chi connectivity index (χ1v) is 8.26. The molecule has 116 valence electrons. The van der Waals surface area contributed by atoms with E-state index < -0.39 is 0 Å². The normalized spacial score (nSPS) is 21.0. The smallest absolute Gasteiger partial charge is 0.136 e. The molecule has 5 heteroatoms. The third kappa shape index (κ3) is 3.46. The van der Waals surface area contributed by atoms with Crippen LogP contribution in [0.3, 0.4) is 0 Å². The molecule has 0 saturated heterocycles. The van der Waals surface area contributed by atoms with Crippen molar-refractivity contribution in [3.63, 3.8) is 0 Å². The highest BCUT2D eigenvalue weighted by atomic mass is 16.3. The Bertz CT molecular complexity index is 481. The summed E-state index contributed by atoms with van der Waals surface area (Å²) in [5.41, 5.74) is -0.198. The molecule has 5 nitrogen and oxygen atoms in total. The first-order chi connectivity index (χ1) is 10.2. The Hall–Kier alpha value is -1.36. The molecule has 0 atom stereocenters. The van der Waals surface area contributed by atoms with E-state index in [9.17, 15) is 5.11 Å². The van der Waals surface area contributed by atoms with E-state index in [4.69, 9.17) is 4.98 Å². The first-order valence-electron chi connectivity index (χ1n) is 8.26. The van der Waals surface area contributed by atoms with Gasteiger partial charge in [-0.2, -0.15) is 0 Å². The van der Waals surface area contributed by atoms with Crippen LogP contribution in [-0.4, -0.2) is 33.8 Å². The van der Waals surface area contributed by atoms with Gasteiger partial charge in [0.25, 0.3) is 0 Å². The number of hydrogen-bond acceptors (Lipinski definition) is 5. The molecule has 0 bridgehead atoms. The number of rotatable bonds is 6. The van der Waals surface area contributed by atoms with E-state index in [1.165, 1.54) is 32.1 Å². The number of nitrogens with one attached hydrogen (secondary N) is 2. The van der Waals surface area contributed by atoms with Crippen LogP contribution in [0.2, 0.25) is 0 Å². The summed E-state index contributed by atoms with van der Waals surface area (Å²) in [7, 11) is 0. The molecule has 0 unspecified atom stereocenters. The van der Waals surface area contributed by atoms with Gasteiger partial charge in [0.1, 0.15) is 17.5 Å². The molecule has 2 saturated carbocycles. The minimum Gasteiger partial charge on any atom is -0.394 e. The van der Waals surface area contributed by atoms with Gasteiger partial charge in [0, 0.05) is 18.5 Å². The Kier molecular flexibility index (Phi) is 4.29. The van der Waals surface area contributed by atoms with Crippen molar-refractivity contribution in [3.8, 4) is 0 Å². The molecule has 1 aromatic rings. The topological polar surface area (TPSA) is 70.1 Å². The molecule has 0 spiro atoms. The maximum absolute atomic E-state index is 9.84. The fourth-order valence-electron chi connectivity index (χ4n) is 3.15. The molecule has 3 N–H and O–H groups in total. The van der Waals surface area contributed by atoms with Gasteiger partial charge in [0.05, 0.1) is 12.1 Å². The van der Waals surface area contributed by atoms with Crippen molar-refractivity contribution < 1.29 is 5.11 Å². The third-order valence-electron chi connectivity index (χ3n) is 4.55. The van der Waals surface area contributed by atoms with Crippen LogP contribution in [0.1, 0.15) is 63.6 Å². The molecule has 0 amide bonds. The van der Waals surface area contributed by atoms with E-state index in [1.807, 2.05) is 6.07 Å². The molecular formula is C16H26N4O. The molecule has 0 aromatic carbocycles. The molecular weight excluding hydrogens is 264 g/mol. The van der Waals surface area contributed by atoms with E-state index >= 15 is 0 Å². The number of aromatic nitrogens is 2. The summed E-state index contributed by atoms with van der Waals surface area (Å²) in [6.07, 6.45) is 8.04. The standard InChI is InChI=1S/C16H26N4O/c1-2-17-13-10-14(19-15(18-13)12-6-7-12)20-16(11-21)8-4-3-5-9-16/h10,12,21H,2-9,11H2,1H3,(H2,17,18,19,20). The summed E-state index contributed by atoms with van der Waals surface area (Å²) in [6.45, 7) is 3.10. The van der Waals surface area contributed by atoms with Crippen LogP contribution in [0.4, 0.5) is 11.6 Å². The average molecular weight is 290 g/mol. The van der Waals surface area contributed by atoms with Gasteiger partial charge in [-0.3, -0.25) is 0 Å². The summed E-state index contributed by atoms with van der Waals surface area (Å²) in [4.78, 5) is 9.29. The largest absolute Gasteiger partial charge is 0.394 e. The third-order valence-corrected chi connectivity index (χ3v) is 4.55. The zero-order chi connectivity index (χ0) is 14.7. The van der Waals surface area contributed by atoms with Gasteiger partial charge >= 0.3 is 0 Å². The number of hydrogen-bond donors (Lipinski definition) is 3. The van der Waals surface area contributed by atoms with Crippen molar-refractivity contribution in [2.24, 2.45) is 0 Å². The van der Waals surface area contributed by atoms with Gasteiger partial charge < -0.3 is 15.7 Å². The van der Waals surface area contributed by atoms with Crippen molar-refractivity contribution in [2.45, 2.75) is 63.3 Å². The van der Waals surface area contributed by atoms with E-state index in [0.29, 0.717) is 5.92 Å². The average Bonchev–Trinajstić information content (AvgIpc) is 3.33. The lowest BCUT2D eigenvalue weighted by atomic mass is 9.82. The molecule has 2 aliphatic carbocycles. The lowest BCUT2D eigenvalue weighted by Gasteiger charge is -2.37. The molecule has 0 aliphatic heterocycles. The van der Waals surface area contributed by atoms with Crippen LogP contribution < -0.4 is 10.6 Å². The van der Waals surface area contributed by atoms with Crippen LogP contribution in [0.5, 0.6) is 0 Å². The van der Waals surface area contributed by atoms with Crippen LogP contribution in [0, 0.1) is 0 Å². The molecule has 3 rings (SSSR count). The van der Waals surface area contributed by atoms with Gasteiger partial charge in [-0.1, -0.05) is 19.3 Å². The second kappa shape index (κ2) is 6.18. The SMILES string of the molecule is CCNc1cc(NC2(CO)CCCCC2)nc(C2CC2)n1. The van der Waals surface area contributed by atoms with Gasteiger partial charge in [0.2, 0.25) is 0 Å². The van der Waals surface area contributed by atoms with Crippen molar-refractivity contribution >= 4 is 11.6 Å². The Labute approximate surface area is 126 Å². The lowest BCUT2D eigenvalue weighted by Crippen LogP contribution is -2.44. The number of aliphatic hydroxyl groups excluding tert-OH is 1. The zero-order valence-electron chi connectivity index (χ0n) is 12.9. The number of aliphatic hydroxyl groups is 1. The molecule has 2 aliphatic rings. The fourth-order valence-corrected chi connectivity index (χ4v) is 3.15. The summed E-state index contributed by atoms with van der Waals surface area (Å²) in [5, 5.41) is 16.7. The Morgan fingerprint density at radius 3 is 2.52 bits per heavy atom. The van der Waals surface area contributed by atoms with E-state index in [-0.39, 0.29) is 12.1 Å². The minimum atomic E-state index is -0.198. The number of nitrogens with zero attached hydrogens (tertiary/aromatic N) is 2. The minimum absolute atomic E-state index is 0.173. The predicted octanol–water partition coefficient (Wildman–Crippen LogP) is 2.89. The Balaban J connectivity index is 1.82. The van der Waals surface area contributed by atoms with Crippen molar-refractivity contribution in [3.05, 3.63) is 11.9 Å². The summed E-state index contributed by atoms with van der Waals surface area (Å²) >= 11 is 0. The Morgan fingerprint density at radius 2 is 1.90 bits per heavy atom. The molecule has 21 heavy (non-hydrogen) atoms. The summed E-state index contributed by atoms with van der Waals surface area (Å²) < 4.78 is 0. The first kappa shape index (κ1) is 14.6. The predicted molar refractivity (Wildman–Crippen MR) is 84.7 cm³/mol. The van der Waals surface area contributed by atoms with Crippen molar-refractivity contribution in [1.29, 1.82) is 0 Å². The zero-order valence-corrected chi connectivity index (χ0v) is 12.9. The molecule has 1 heterocycles. The lowest BCUT2D eigenvalue weighted by molar-refractivity contribution is 0.172. The van der Waals surface area contributed by atoms with Crippen molar-refractivity contribution in [1.82, 2.24) is 9.97 Å². The Morgan fingerprint density at radius 1 is 1.19 bits per heavy atom. The van der Waals surface area contributed by atoms with Crippen LogP contribution in [-0.2, 0) is 0 Å². The fraction of sp³-hybridized carbons (Fsp3) is 0.750. The van der Waals surface area contributed by atoms with Gasteiger partial charge in [-0.25, -0.2) is 9.97 Å². The van der Waals surface area contributed by atoms with Crippen molar-refractivity contribution in [2.75, 3.05) is 23.8 Å². The van der Waals surface area contributed by atoms with Gasteiger partial charge in [-0.05, 0) is 32.6 Å². The van der Waals surface area contributed by atoms with Crippen LogP contribution in [0.15, 0.2) is 6.07 Å². The maximum Gasteiger partial charge on any atom is 0.136 e.